The summed E-state index contributed by atoms with van der Waals surface area (Å²) in [6.07, 6.45) is -3.75. The van der Waals surface area contributed by atoms with E-state index in [-0.39, 0.29) is 31.8 Å². The molecule has 2 aromatic carbocycles. The van der Waals surface area contributed by atoms with E-state index in [4.69, 9.17) is 14.2 Å². The summed E-state index contributed by atoms with van der Waals surface area (Å²) in [5.74, 6) is -2.13. The SMILES string of the molecule is COc1ccc(COc2ncc(OC[C@@]3(c4cc(F)cc(F)c4)C[C@H]3CO)c(C(F)(F)F)n2)cc1. The molecular formula is C24H21F5N2O4. The van der Waals surface area contributed by atoms with Crippen LogP contribution in [0.4, 0.5) is 22.0 Å². The number of methoxy groups -OCH3 is 1. The molecule has 186 valence electrons. The summed E-state index contributed by atoms with van der Waals surface area (Å²) in [4.78, 5) is 7.29. The number of nitrogens with zero attached hydrogens (tertiary/aromatic N) is 2. The van der Waals surface area contributed by atoms with Gasteiger partial charge < -0.3 is 19.3 Å². The van der Waals surface area contributed by atoms with Crippen molar-refractivity contribution in [1.29, 1.82) is 0 Å². The molecule has 1 fully saturated rings. The van der Waals surface area contributed by atoms with E-state index in [9.17, 15) is 27.1 Å². The average Bonchev–Trinajstić information content (AvgIpc) is 3.55. The Hall–Kier alpha value is -3.47. The Morgan fingerprint density at radius 3 is 2.31 bits per heavy atom. The van der Waals surface area contributed by atoms with Crippen LogP contribution in [0.1, 0.15) is 23.2 Å². The maximum Gasteiger partial charge on any atom is 0.437 e. The van der Waals surface area contributed by atoms with E-state index in [1.807, 2.05) is 0 Å². The summed E-state index contributed by atoms with van der Waals surface area (Å²) in [6, 6.07) is 9.08. The largest absolute Gasteiger partial charge is 0.497 e. The molecule has 1 saturated carbocycles. The summed E-state index contributed by atoms with van der Waals surface area (Å²) in [5, 5.41) is 9.57. The van der Waals surface area contributed by atoms with Crippen molar-refractivity contribution in [2.45, 2.75) is 24.6 Å². The normalized spacial score (nSPS) is 19.3. The van der Waals surface area contributed by atoms with Crippen molar-refractivity contribution >= 4 is 0 Å². The molecule has 0 aliphatic heterocycles. The van der Waals surface area contributed by atoms with E-state index < -0.39 is 46.6 Å². The molecule has 1 aliphatic rings. The van der Waals surface area contributed by atoms with Gasteiger partial charge in [-0.1, -0.05) is 12.1 Å². The van der Waals surface area contributed by atoms with Gasteiger partial charge in [-0.05, 0) is 47.7 Å². The van der Waals surface area contributed by atoms with Crippen LogP contribution in [0.2, 0.25) is 0 Å². The summed E-state index contributed by atoms with van der Waals surface area (Å²) in [7, 11) is 1.51. The van der Waals surface area contributed by atoms with E-state index in [1.54, 1.807) is 24.3 Å². The highest BCUT2D eigenvalue weighted by Gasteiger charge is 2.56. The standard InChI is InChI=1S/C24H21F5N2O4/c1-33-19-4-2-14(3-5-19)12-34-22-30-10-20(21(31-22)24(27,28)29)35-13-23(9-16(23)11-32)15-6-17(25)8-18(26)7-15/h2-8,10,16,32H,9,11-13H2,1H3/t16-,23+/m0/s1. The number of hydrogen-bond acceptors (Lipinski definition) is 6. The Morgan fingerprint density at radius 1 is 1.06 bits per heavy atom. The molecule has 0 saturated heterocycles. The fourth-order valence-electron chi connectivity index (χ4n) is 3.88. The highest BCUT2D eigenvalue weighted by atomic mass is 19.4. The number of aliphatic hydroxyl groups excluding tert-OH is 1. The zero-order valence-corrected chi connectivity index (χ0v) is 18.5. The van der Waals surface area contributed by atoms with E-state index in [0.29, 0.717) is 17.4 Å². The minimum absolute atomic E-state index is 0.0755. The van der Waals surface area contributed by atoms with Crippen molar-refractivity contribution in [3.63, 3.8) is 0 Å². The minimum atomic E-state index is -4.88. The molecule has 0 unspecified atom stereocenters. The average molecular weight is 496 g/mol. The van der Waals surface area contributed by atoms with Crippen molar-refractivity contribution in [1.82, 2.24) is 9.97 Å². The second-order valence-electron chi connectivity index (χ2n) is 8.19. The molecule has 0 amide bonds. The number of halogens is 5. The maximum absolute atomic E-state index is 13.7. The van der Waals surface area contributed by atoms with Gasteiger partial charge in [0.25, 0.3) is 0 Å². The number of ether oxygens (including phenoxy) is 3. The third kappa shape index (κ3) is 5.45. The lowest BCUT2D eigenvalue weighted by Crippen LogP contribution is -2.24. The van der Waals surface area contributed by atoms with Gasteiger partial charge in [-0.3, -0.25) is 0 Å². The van der Waals surface area contributed by atoms with E-state index in [0.717, 1.165) is 18.3 Å². The third-order valence-corrected chi connectivity index (χ3v) is 5.90. The summed E-state index contributed by atoms with van der Waals surface area (Å²) in [6.45, 7) is -0.754. The Labute approximate surface area is 197 Å². The van der Waals surface area contributed by atoms with Gasteiger partial charge in [0, 0.05) is 18.1 Å². The minimum Gasteiger partial charge on any atom is -0.497 e. The van der Waals surface area contributed by atoms with Crippen molar-refractivity contribution in [3.05, 3.63) is 77.1 Å². The first kappa shape index (κ1) is 24.6. The molecule has 1 heterocycles. The molecule has 11 heteroatoms. The third-order valence-electron chi connectivity index (χ3n) is 5.90. The molecule has 1 N–H and O–H groups in total. The van der Waals surface area contributed by atoms with Crippen LogP contribution in [-0.4, -0.2) is 35.4 Å². The van der Waals surface area contributed by atoms with Gasteiger partial charge in [-0.15, -0.1) is 0 Å². The topological polar surface area (TPSA) is 73.7 Å². The summed E-state index contributed by atoms with van der Waals surface area (Å²) >= 11 is 0. The van der Waals surface area contributed by atoms with E-state index >= 15 is 0 Å². The predicted octanol–water partition coefficient (Wildman–Crippen LogP) is 4.69. The first-order valence-corrected chi connectivity index (χ1v) is 10.5. The lowest BCUT2D eigenvalue weighted by Gasteiger charge is -2.20. The zero-order valence-electron chi connectivity index (χ0n) is 18.5. The second-order valence-corrected chi connectivity index (χ2v) is 8.19. The van der Waals surface area contributed by atoms with Crippen molar-refractivity contribution in [2.24, 2.45) is 5.92 Å². The predicted molar refractivity (Wildman–Crippen MR) is 113 cm³/mol. The van der Waals surface area contributed by atoms with Crippen LogP contribution in [0.3, 0.4) is 0 Å². The number of alkyl halides is 3. The monoisotopic (exact) mass is 496 g/mol. The molecule has 35 heavy (non-hydrogen) atoms. The van der Waals surface area contributed by atoms with Gasteiger partial charge in [0.05, 0.1) is 19.9 Å². The number of aromatic nitrogens is 2. The van der Waals surface area contributed by atoms with Gasteiger partial charge in [0.15, 0.2) is 11.4 Å². The fraction of sp³-hybridized carbons (Fsp3) is 0.333. The highest BCUT2D eigenvalue weighted by molar-refractivity contribution is 5.36. The number of hydrogen-bond donors (Lipinski definition) is 1. The second kappa shape index (κ2) is 9.65. The first-order valence-electron chi connectivity index (χ1n) is 10.5. The molecular weight excluding hydrogens is 475 g/mol. The highest BCUT2D eigenvalue weighted by Crippen LogP contribution is 2.54. The summed E-state index contributed by atoms with van der Waals surface area (Å²) in [5.41, 5.74) is -1.53. The van der Waals surface area contributed by atoms with Crippen molar-refractivity contribution < 1.29 is 41.3 Å². The smallest absolute Gasteiger partial charge is 0.437 e. The van der Waals surface area contributed by atoms with Crippen LogP contribution in [0, 0.1) is 17.6 Å². The Bertz CT molecular complexity index is 1170. The van der Waals surface area contributed by atoms with Crippen molar-refractivity contribution in [2.75, 3.05) is 20.3 Å². The van der Waals surface area contributed by atoms with Crippen LogP contribution in [-0.2, 0) is 18.2 Å². The molecule has 6 nitrogen and oxygen atoms in total. The molecule has 0 spiro atoms. The van der Waals surface area contributed by atoms with Gasteiger partial charge >= 0.3 is 12.2 Å². The Morgan fingerprint density at radius 2 is 1.74 bits per heavy atom. The molecule has 0 radical (unpaired) electrons. The first-order chi connectivity index (χ1) is 16.6. The van der Waals surface area contributed by atoms with Crippen LogP contribution in [0.15, 0.2) is 48.7 Å². The van der Waals surface area contributed by atoms with Crippen LogP contribution >= 0.6 is 0 Å². The number of aliphatic hydroxyl groups is 1. The zero-order chi connectivity index (χ0) is 25.2. The molecule has 3 aromatic rings. The van der Waals surface area contributed by atoms with Gasteiger partial charge in [0.1, 0.15) is 24.0 Å². The van der Waals surface area contributed by atoms with E-state index in [2.05, 4.69) is 9.97 Å². The van der Waals surface area contributed by atoms with Gasteiger partial charge in [-0.25, -0.2) is 8.78 Å². The lowest BCUT2D eigenvalue weighted by molar-refractivity contribution is -0.143. The summed E-state index contributed by atoms with van der Waals surface area (Å²) < 4.78 is 84.4. The van der Waals surface area contributed by atoms with E-state index in [1.165, 1.54) is 7.11 Å². The van der Waals surface area contributed by atoms with Gasteiger partial charge in [-0.2, -0.15) is 23.1 Å². The lowest BCUT2D eigenvalue weighted by atomic mass is 9.94. The Kier molecular flexibility index (Phi) is 6.79. The fourth-order valence-corrected chi connectivity index (χ4v) is 3.88. The maximum atomic E-state index is 13.7. The molecule has 4 rings (SSSR count). The Balaban J connectivity index is 1.52. The van der Waals surface area contributed by atoms with Crippen molar-refractivity contribution in [3.8, 4) is 17.5 Å². The molecule has 1 aromatic heterocycles. The number of rotatable bonds is 9. The van der Waals surface area contributed by atoms with Gasteiger partial charge in [0.2, 0.25) is 0 Å². The molecule has 2 atom stereocenters. The van der Waals surface area contributed by atoms with Crippen LogP contribution in [0.5, 0.6) is 17.5 Å². The number of benzene rings is 2. The van der Waals surface area contributed by atoms with Crippen LogP contribution in [0.25, 0.3) is 0 Å². The molecule has 1 aliphatic carbocycles. The molecule has 0 bridgehead atoms. The van der Waals surface area contributed by atoms with Crippen LogP contribution < -0.4 is 14.2 Å². The quantitative estimate of drug-likeness (QED) is 0.434.